The van der Waals surface area contributed by atoms with Gasteiger partial charge in [-0.25, -0.2) is 8.42 Å². The Hall–Kier alpha value is -0.630. The Morgan fingerprint density at radius 3 is 2.84 bits per heavy atom. The fourth-order valence-electron chi connectivity index (χ4n) is 1.50. The summed E-state index contributed by atoms with van der Waals surface area (Å²) in [6, 6.07) is 1.54. The zero-order chi connectivity index (χ0) is 14.5. The fourth-order valence-corrected chi connectivity index (χ4v) is 3.60. The number of likely N-dealkylation sites (N-methyl/N-ethyl adjacent to an activating group) is 1. The summed E-state index contributed by atoms with van der Waals surface area (Å²) in [4.78, 5) is 0.144. The average molecular weight is 351 g/mol. The third-order valence-corrected chi connectivity index (χ3v) is 5.19. The number of sulfonamides is 1. The summed E-state index contributed by atoms with van der Waals surface area (Å²) < 4.78 is 31.4. The summed E-state index contributed by atoms with van der Waals surface area (Å²) in [5.74, 6) is 0.589. The van der Waals surface area contributed by atoms with E-state index in [2.05, 4.69) is 34.7 Å². The number of halogens is 1. The number of hydrogen-bond acceptors (Lipinski definition) is 4. The maximum absolute atomic E-state index is 12.3. The maximum Gasteiger partial charge on any atom is 0.247 e. The van der Waals surface area contributed by atoms with Crippen LogP contribution in [0.5, 0.6) is 0 Å². The smallest absolute Gasteiger partial charge is 0.247 e. The van der Waals surface area contributed by atoms with Gasteiger partial charge in [0.15, 0.2) is 4.67 Å². The van der Waals surface area contributed by atoms with E-state index < -0.39 is 10.0 Å². The minimum atomic E-state index is -3.55. The molecule has 0 fully saturated rings. The summed E-state index contributed by atoms with van der Waals surface area (Å²) in [5.41, 5.74) is 0. The highest BCUT2D eigenvalue weighted by molar-refractivity contribution is 9.10. The zero-order valence-corrected chi connectivity index (χ0v) is 13.6. The van der Waals surface area contributed by atoms with E-state index in [0.717, 1.165) is 13.0 Å². The predicted molar refractivity (Wildman–Crippen MR) is 78.4 cm³/mol. The highest BCUT2D eigenvalue weighted by atomic mass is 79.9. The normalized spacial score (nSPS) is 12.0. The van der Waals surface area contributed by atoms with Crippen LogP contribution in [0.3, 0.4) is 0 Å². The van der Waals surface area contributed by atoms with Gasteiger partial charge in [-0.05, 0) is 28.9 Å². The van der Waals surface area contributed by atoms with Crippen LogP contribution in [0.4, 0.5) is 0 Å². The molecule has 0 aliphatic rings. The van der Waals surface area contributed by atoms with E-state index in [9.17, 15) is 8.42 Å². The fraction of sp³-hybridized carbons (Fsp3) is 0.500. The van der Waals surface area contributed by atoms with Crippen LogP contribution < -0.4 is 5.32 Å². The summed E-state index contributed by atoms with van der Waals surface area (Å²) in [5, 5.41) is 3.16. The molecular weight excluding hydrogens is 332 g/mol. The van der Waals surface area contributed by atoms with Crippen molar-refractivity contribution in [1.29, 1.82) is 0 Å². The average Bonchev–Trinajstić information content (AvgIpc) is 2.72. The number of nitrogens with one attached hydrogen (secondary N) is 1. The van der Waals surface area contributed by atoms with Gasteiger partial charge in [-0.2, -0.15) is 4.31 Å². The molecule has 0 amide bonds. The lowest BCUT2D eigenvalue weighted by Gasteiger charge is -2.13. The van der Waals surface area contributed by atoms with Gasteiger partial charge in [-0.1, -0.05) is 13.0 Å². The Kier molecular flexibility index (Phi) is 6.25. The largest absolute Gasteiger partial charge is 0.452 e. The van der Waals surface area contributed by atoms with Gasteiger partial charge in [-0.15, -0.1) is 6.58 Å². The molecule has 0 aromatic carbocycles. The van der Waals surface area contributed by atoms with Crippen molar-refractivity contribution in [3.8, 4) is 0 Å². The van der Waals surface area contributed by atoms with E-state index in [-0.39, 0.29) is 16.1 Å². The lowest BCUT2D eigenvalue weighted by atomic mass is 10.4. The molecule has 108 valence electrons. The van der Waals surface area contributed by atoms with Crippen LogP contribution >= 0.6 is 15.9 Å². The Morgan fingerprint density at radius 1 is 1.58 bits per heavy atom. The van der Waals surface area contributed by atoms with Gasteiger partial charge in [0.25, 0.3) is 0 Å². The first-order valence-corrected chi connectivity index (χ1v) is 8.23. The first-order valence-electron chi connectivity index (χ1n) is 5.99. The highest BCUT2D eigenvalue weighted by Gasteiger charge is 2.26. The quantitative estimate of drug-likeness (QED) is 0.577. The van der Waals surface area contributed by atoms with Crippen LogP contribution in [-0.2, 0) is 16.6 Å². The monoisotopic (exact) mass is 350 g/mol. The second-order valence-electron chi connectivity index (χ2n) is 4.10. The molecule has 0 bridgehead atoms. The Labute approximate surface area is 122 Å². The molecule has 1 rings (SSSR count). The molecule has 19 heavy (non-hydrogen) atoms. The van der Waals surface area contributed by atoms with Crippen molar-refractivity contribution in [3.63, 3.8) is 0 Å². The molecule has 0 spiro atoms. The van der Waals surface area contributed by atoms with Gasteiger partial charge in [-0.3, -0.25) is 0 Å². The van der Waals surface area contributed by atoms with E-state index in [4.69, 9.17) is 4.42 Å². The van der Waals surface area contributed by atoms with Crippen molar-refractivity contribution < 1.29 is 12.8 Å². The van der Waals surface area contributed by atoms with Crippen molar-refractivity contribution in [3.05, 3.63) is 29.2 Å². The van der Waals surface area contributed by atoms with E-state index in [1.165, 1.54) is 17.4 Å². The second-order valence-corrected chi connectivity index (χ2v) is 6.84. The summed E-state index contributed by atoms with van der Waals surface area (Å²) >= 11 is 3.16. The Bertz CT molecular complexity index is 525. The summed E-state index contributed by atoms with van der Waals surface area (Å²) in [6.45, 7) is 7.21. The second kappa shape index (κ2) is 7.23. The standard InChI is InChI=1S/C12H19BrN2O3S/c1-4-6-14-9-10-8-11(12(13)18-10)19(16,17)15(3)7-5-2/h5,8,14H,2,4,6-7,9H2,1,3H3. The van der Waals surface area contributed by atoms with Crippen LogP contribution in [0.25, 0.3) is 0 Å². The lowest BCUT2D eigenvalue weighted by molar-refractivity contribution is 0.457. The topological polar surface area (TPSA) is 62.6 Å². The first-order chi connectivity index (χ1) is 8.93. The molecule has 1 heterocycles. The van der Waals surface area contributed by atoms with Crippen LogP contribution in [0.1, 0.15) is 19.1 Å². The molecule has 0 aliphatic heterocycles. The number of rotatable bonds is 8. The molecule has 0 saturated heterocycles. The van der Waals surface area contributed by atoms with E-state index in [1.54, 1.807) is 6.07 Å². The lowest BCUT2D eigenvalue weighted by Crippen LogP contribution is -2.26. The number of furan rings is 1. The van der Waals surface area contributed by atoms with E-state index in [0.29, 0.717) is 12.3 Å². The molecular formula is C12H19BrN2O3S. The number of hydrogen-bond donors (Lipinski definition) is 1. The molecule has 1 aromatic rings. The van der Waals surface area contributed by atoms with Gasteiger partial charge >= 0.3 is 0 Å². The molecule has 0 atom stereocenters. The molecule has 0 unspecified atom stereocenters. The third kappa shape index (κ3) is 4.17. The van der Waals surface area contributed by atoms with Crippen molar-refractivity contribution in [2.24, 2.45) is 0 Å². The van der Waals surface area contributed by atoms with Gasteiger partial charge in [0, 0.05) is 19.7 Å². The van der Waals surface area contributed by atoms with Crippen LogP contribution in [-0.4, -0.2) is 32.9 Å². The van der Waals surface area contributed by atoms with Gasteiger partial charge < -0.3 is 9.73 Å². The summed E-state index contributed by atoms with van der Waals surface area (Å²) in [7, 11) is -2.04. The molecule has 0 saturated carbocycles. The number of nitrogens with zero attached hydrogens (tertiary/aromatic N) is 1. The molecule has 1 N–H and O–H groups in total. The molecule has 0 radical (unpaired) electrons. The first kappa shape index (κ1) is 16.4. The molecule has 7 heteroatoms. The predicted octanol–water partition coefficient (Wildman–Crippen LogP) is 2.35. The zero-order valence-electron chi connectivity index (χ0n) is 11.1. The minimum Gasteiger partial charge on any atom is -0.452 e. The van der Waals surface area contributed by atoms with Crippen molar-refractivity contribution in [2.45, 2.75) is 24.8 Å². The van der Waals surface area contributed by atoms with Gasteiger partial charge in [0.1, 0.15) is 10.7 Å². The summed E-state index contributed by atoms with van der Waals surface area (Å²) in [6.07, 6.45) is 2.55. The van der Waals surface area contributed by atoms with Crippen molar-refractivity contribution in [1.82, 2.24) is 9.62 Å². The molecule has 1 aromatic heterocycles. The molecule has 0 aliphatic carbocycles. The maximum atomic E-state index is 12.3. The SMILES string of the molecule is C=CCN(C)S(=O)(=O)c1cc(CNCCC)oc1Br. The highest BCUT2D eigenvalue weighted by Crippen LogP contribution is 2.28. The van der Waals surface area contributed by atoms with Crippen molar-refractivity contribution >= 4 is 26.0 Å². The Balaban J connectivity index is 2.91. The van der Waals surface area contributed by atoms with Gasteiger partial charge in [0.05, 0.1) is 6.54 Å². The molecule has 5 nitrogen and oxygen atoms in total. The third-order valence-electron chi connectivity index (χ3n) is 2.51. The van der Waals surface area contributed by atoms with E-state index >= 15 is 0 Å². The van der Waals surface area contributed by atoms with Gasteiger partial charge in [0.2, 0.25) is 10.0 Å². The van der Waals surface area contributed by atoms with Crippen LogP contribution in [0.15, 0.2) is 32.7 Å². The minimum absolute atomic E-state index is 0.144. The Morgan fingerprint density at radius 2 is 2.26 bits per heavy atom. The van der Waals surface area contributed by atoms with Crippen LogP contribution in [0, 0.1) is 0 Å². The van der Waals surface area contributed by atoms with E-state index in [1.807, 2.05) is 0 Å². The van der Waals surface area contributed by atoms with Crippen LogP contribution in [0.2, 0.25) is 0 Å². The van der Waals surface area contributed by atoms with Crippen molar-refractivity contribution in [2.75, 3.05) is 20.1 Å².